The summed E-state index contributed by atoms with van der Waals surface area (Å²) >= 11 is 3.32. The highest BCUT2D eigenvalue weighted by Crippen LogP contribution is 2.23. The molecule has 17 heavy (non-hydrogen) atoms. The maximum Gasteiger partial charge on any atom is 0.325 e. The Balaban J connectivity index is 2.93. The van der Waals surface area contributed by atoms with Crippen LogP contribution in [0.4, 0.5) is 5.69 Å². The number of ether oxygens (including phenoxy) is 1. The molecule has 5 heteroatoms. The summed E-state index contributed by atoms with van der Waals surface area (Å²) in [5, 5.41) is 8.82. The number of methoxy groups -OCH3 is 1. The van der Waals surface area contributed by atoms with E-state index >= 15 is 0 Å². The van der Waals surface area contributed by atoms with E-state index < -0.39 is 0 Å². The monoisotopic (exact) mass is 296 g/mol. The minimum Gasteiger partial charge on any atom is -0.468 e. The van der Waals surface area contributed by atoms with Crippen LogP contribution in [-0.4, -0.2) is 26.2 Å². The van der Waals surface area contributed by atoms with Gasteiger partial charge in [-0.05, 0) is 41.1 Å². The molecule has 1 aromatic rings. The Morgan fingerprint density at radius 2 is 2.29 bits per heavy atom. The van der Waals surface area contributed by atoms with Crippen LogP contribution in [0.15, 0.2) is 22.7 Å². The van der Waals surface area contributed by atoms with Crippen LogP contribution in [0.25, 0.3) is 0 Å². The lowest BCUT2D eigenvalue weighted by Crippen LogP contribution is -2.30. The lowest BCUT2D eigenvalue weighted by atomic mass is 10.2. The molecule has 0 aliphatic heterocycles. The summed E-state index contributed by atoms with van der Waals surface area (Å²) < 4.78 is 5.36. The Morgan fingerprint density at radius 1 is 1.59 bits per heavy atom. The molecular weight excluding hydrogens is 284 g/mol. The summed E-state index contributed by atoms with van der Waals surface area (Å²) in [6.45, 7) is 2.84. The second kappa shape index (κ2) is 6.26. The molecule has 0 aliphatic rings. The second-order valence-corrected chi connectivity index (χ2v) is 4.22. The van der Waals surface area contributed by atoms with E-state index in [0.717, 1.165) is 10.2 Å². The molecule has 0 atom stereocenters. The average molecular weight is 297 g/mol. The van der Waals surface area contributed by atoms with Crippen LogP contribution in [0.1, 0.15) is 12.5 Å². The number of halogens is 1. The lowest BCUT2D eigenvalue weighted by molar-refractivity contribution is -0.138. The highest BCUT2D eigenvalue weighted by atomic mass is 79.9. The summed E-state index contributed by atoms with van der Waals surface area (Å²) in [6, 6.07) is 7.44. The number of likely N-dealkylation sites (N-methyl/N-ethyl adjacent to an activating group) is 1. The number of nitrogens with zero attached hydrogens (tertiary/aromatic N) is 2. The fourth-order valence-electron chi connectivity index (χ4n) is 1.40. The van der Waals surface area contributed by atoms with E-state index in [1.807, 2.05) is 24.0 Å². The minimum absolute atomic E-state index is 0.200. The number of anilines is 1. The van der Waals surface area contributed by atoms with Crippen molar-refractivity contribution in [1.82, 2.24) is 0 Å². The number of hydrogen-bond donors (Lipinski definition) is 0. The van der Waals surface area contributed by atoms with Crippen LogP contribution < -0.4 is 4.90 Å². The van der Waals surface area contributed by atoms with Crippen molar-refractivity contribution in [3.63, 3.8) is 0 Å². The number of carbonyl (C=O) groups is 1. The van der Waals surface area contributed by atoms with Crippen LogP contribution in [0.2, 0.25) is 0 Å². The van der Waals surface area contributed by atoms with Crippen molar-refractivity contribution in [2.24, 2.45) is 0 Å². The Morgan fingerprint density at radius 3 is 2.76 bits per heavy atom. The van der Waals surface area contributed by atoms with Crippen LogP contribution in [0.5, 0.6) is 0 Å². The fourth-order valence-corrected chi connectivity index (χ4v) is 1.85. The molecule has 1 rings (SSSR count). The Kier molecular flexibility index (Phi) is 4.98. The first kappa shape index (κ1) is 13.5. The van der Waals surface area contributed by atoms with Crippen LogP contribution >= 0.6 is 15.9 Å². The number of nitriles is 1. The normalized spacial score (nSPS) is 9.53. The molecule has 0 bridgehead atoms. The third-order valence-corrected chi connectivity index (χ3v) is 3.02. The van der Waals surface area contributed by atoms with Crippen LogP contribution in [0, 0.1) is 11.3 Å². The van der Waals surface area contributed by atoms with Gasteiger partial charge in [0.1, 0.15) is 12.6 Å². The van der Waals surface area contributed by atoms with Gasteiger partial charge in [-0.25, -0.2) is 0 Å². The number of carbonyl (C=O) groups excluding carboxylic acids is 1. The SMILES string of the molecule is CCN(CC(=O)OC)c1ccc(C#N)c(Br)c1. The van der Waals surface area contributed by atoms with Crippen molar-refractivity contribution >= 4 is 27.6 Å². The smallest absolute Gasteiger partial charge is 0.325 e. The van der Waals surface area contributed by atoms with Gasteiger partial charge in [0.2, 0.25) is 0 Å². The van der Waals surface area contributed by atoms with Crippen molar-refractivity contribution in [3.05, 3.63) is 28.2 Å². The van der Waals surface area contributed by atoms with Gasteiger partial charge in [0.25, 0.3) is 0 Å². The molecule has 0 aliphatic carbocycles. The molecule has 1 aromatic carbocycles. The third-order valence-electron chi connectivity index (χ3n) is 2.37. The maximum absolute atomic E-state index is 11.2. The zero-order valence-electron chi connectivity index (χ0n) is 9.74. The van der Waals surface area contributed by atoms with E-state index in [9.17, 15) is 4.79 Å². The summed E-state index contributed by atoms with van der Waals surface area (Å²) in [7, 11) is 1.37. The quantitative estimate of drug-likeness (QED) is 0.800. The first-order chi connectivity index (χ1) is 8.12. The maximum atomic E-state index is 11.2. The molecule has 90 valence electrons. The standard InChI is InChI=1S/C12H13BrN2O2/c1-3-15(8-12(16)17-2)10-5-4-9(7-14)11(13)6-10/h4-6H,3,8H2,1-2H3. The first-order valence-corrected chi connectivity index (χ1v) is 5.93. The number of rotatable bonds is 4. The molecule has 0 N–H and O–H groups in total. The second-order valence-electron chi connectivity index (χ2n) is 3.37. The highest BCUT2D eigenvalue weighted by Gasteiger charge is 2.11. The van der Waals surface area contributed by atoms with Crippen molar-refractivity contribution in [1.29, 1.82) is 5.26 Å². The van der Waals surface area contributed by atoms with Gasteiger partial charge in [0.05, 0.1) is 12.7 Å². The molecule has 0 saturated heterocycles. The summed E-state index contributed by atoms with van der Waals surface area (Å²) in [5.74, 6) is -0.285. The molecular formula is C12H13BrN2O2. The van der Waals surface area contributed by atoms with E-state index in [0.29, 0.717) is 12.1 Å². The Bertz CT molecular complexity index is 454. The number of benzene rings is 1. The van der Waals surface area contributed by atoms with Crippen molar-refractivity contribution < 1.29 is 9.53 Å². The third kappa shape index (κ3) is 3.46. The van der Waals surface area contributed by atoms with Gasteiger partial charge in [-0.3, -0.25) is 4.79 Å². The van der Waals surface area contributed by atoms with Gasteiger partial charge in [-0.15, -0.1) is 0 Å². The van der Waals surface area contributed by atoms with Gasteiger partial charge in [0, 0.05) is 16.7 Å². The van der Waals surface area contributed by atoms with Crippen molar-refractivity contribution in [2.75, 3.05) is 25.1 Å². The highest BCUT2D eigenvalue weighted by molar-refractivity contribution is 9.10. The number of hydrogen-bond acceptors (Lipinski definition) is 4. The average Bonchev–Trinajstić information content (AvgIpc) is 2.35. The van der Waals surface area contributed by atoms with Gasteiger partial charge < -0.3 is 9.64 Å². The Hall–Kier alpha value is -1.54. The summed E-state index contributed by atoms with van der Waals surface area (Å²) in [6.07, 6.45) is 0. The molecule has 0 fully saturated rings. The first-order valence-electron chi connectivity index (χ1n) is 5.13. The minimum atomic E-state index is -0.285. The summed E-state index contributed by atoms with van der Waals surface area (Å²) in [5.41, 5.74) is 1.45. The van der Waals surface area contributed by atoms with E-state index in [-0.39, 0.29) is 12.5 Å². The zero-order valence-corrected chi connectivity index (χ0v) is 11.3. The summed E-state index contributed by atoms with van der Waals surface area (Å²) in [4.78, 5) is 13.1. The topological polar surface area (TPSA) is 53.3 Å². The lowest BCUT2D eigenvalue weighted by Gasteiger charge is -2.21. The Labute approximate surface area is 109 Å². The fraction of sp³-hybridized carbons (Fsp3) is 0.333. The van der Waals surface area contributed by atoms with Crippen LogP contribution in [-0.2, 0) is 9.53 Å². The van der Waals surface area contributed by atoms with E-state index in [2.05, 4.69) is 26.7 Å². The molecule has 0 saturated carbocycles. The number of esters is 1. The van der Waals surface area contributed by atoms with Crippen LogP contribution in [0.3, 0.4) is 0 Å². The van der Waals surface area contributed by atoms with Gasteiger partial charge >= 0.3 is 5.97 Å². The van der Waals surface area contributed by atoms with Crippen molar-refractivity contribution in [2.45, 2.75) is 6.92 Å². The largest absolute Gasteiger partial charge is 0.468 e. The molecule has 0 spiro atoms. The molecule has 4 nitrogen and oxygen atoms in total. The molecule has 0 amide bonds. The van der Waals surface area contributed by atoms with Gasteiger partial charge in [-0.2, -0.15) is 5.26 Å². The van der Waals surface area contributed by atoms with E-state index in [1.54, 1.807) is 6.07 Å². The van der Waals surface area contributed by atoms with Gasteiger partial charge in [-0.1, -0.05) is 0 Å². The molecule has 0 unspecified atom stereocenters. The van der Waals surface area contributed by atoms with E-state index in [4.69, 9.17) is 5.26 Å². The van der Waals surface area contributed by atoms with Gasteiger partial charge in [0.15, 0.2) is 0 Å². The predicted molar refractivity (Wildman–Crippen MR) is 68.8 cm³/mol. The molecule has 0 heterocycles. The van der Waals surface area contributed by atoms with Crippen molar-refractivity contribution in [3.8, 4) is 6.07 Å². The molecule has 0 radical (unpaired) electrons. The predicted octanol–water partition coefficient (Wildman–Crippen LogP) is 2.32. The van der Waals surface area contributed by atoms with E-state index in [1.165, 1.54) is 7.11 Å². The molecule has 0 aromatic heterocycles. The zero-order chi connectivity index (χ0) is 12.8.